The number of carbonyl (C=O) groups excluding carboxylic acids is 1. The molecule has 0 saturated carbocycles. The minimum atomic E-state index is -3.21. The van der Waals surface area contributed by atoms with E-state index in [4.69, 9.17) is 11.6 Å². The molecule has 0 fully saturated rings. The van der Waals surface area contributed by atoms with Crippen molar-refractivity contribution in [1.82, 2.24) is 0 Å². The number of sulfone groups is 1. The molecule has 0 aromatic carbocycles. The first kappa shape index (κ1) is 9.91. The zero-order valence-electron chi connectivity index (χ0n) is 5.63. The second kappa shape index (κ2) is 3.93. The first-order valence-corrected chi connectivity index (χ1v) is 5.06. The highest BCUT2D eigenvalue weighted by Crippen LogP contribution is 1.95. The second-order valence-corrected chi connectivity index (χ2v) is 4.55. The Bertz CT molecular complexity index is 207. The largest absolute Gasteiger partial charge is 0.280 e. The zero-order chi connectivity index (χ0) is 8.20. The van der Waals surface area contributed by atoms with Gasteiger partial charge in [0, 0.05) is 0 Å². The summed E-state index contributed by atoms with van der Waals surface area (Å²) in [5, 5.41) is -0.812. The van der Waals surface area contributed by atoms with E-state index >= 15 is 0 Å². The van der Waals surface area contributed by atoms with Gasteiger partial charge in [-0.25, -0.2) is 8.42 Å². The van der Waals surface area contributed by atoms with Crippen molar-refractivity contribution in [3.05, 3.63) is 0 Å². The Hall–Kier alpha value is -0.0900. The van der Waals surface area contributed by atoms with Crippen LogP contribution in [0.5, 0.6) is 0 Å². The molecule has 10 heavy (non-hydrogen) atoms. The summed E-state index contributed by atoms with van der Waals surface area (Å²) in [5.74, 6) is -0.506. The van der Waals surface area contributed by atoms with Crippen molar-refractivity contribution >= 4 is 26.7 Å². The summed E-state index contributed by atoms with van der Waals surface area (Å²) in [5.41, 5.74) is 0. The van der Waals surface area contributed by atoms with E-state index in [1.165, 1.54) is 0 Å². The fourth-order valence-electron chi connectivity index (χ4n) is 0.556. The van der Waals surface area contributed by atoms with E-state index in [0.717, 1.165) is 0 Å². The highest BCUT2D eigenvalue weighted by Gasteiger charge is 2.12. The lowest BCUT2D eigenvalue weighted by Crippen LogP contribution is -2.14. The molecule has 3 nitrogen and oxygen atoms in total. The van der Waals surface area contributed by atoms with Crippen LogP contribution in [-0.4, -0.2) is 25.2 Å². The van der Waals surface area contributed by atoms with Gasteiger partial charge in [-0.05, 0) is 18.0 Å². The van der Waals surface area contributed by atoms with Gasteiger partial charge in [0.15, 0.2) is 9.84 Å². The maximum Gasteiger partial charge on any atom is 0.236 e. The average Bonchev–Trinajstić information content (AvgIpc) is 1.59. The Morgan fingerprint density at radius 2 is 2.00 bits per heavy atom. The molecule has 0 atom stereocenters. The molecule has 0 saturated heterocycles. The van der Waals surface area contributed by atoms with E-state index in [-0.39, 0.29) is 5.75 Å². The molecule has 0 aromatic heterocycles. The Labute approximate surface area is 65.3 Å². The molecule has 60 valence electrons. The van der Waals surface area contributed by atoms with Gasteiger partial charge in [-0.2, -0.15) is 0 Å². The fraction of sp³-hybridized carbons (Fsp3) is 0.800. The quantitative estimate of drug-likeness (QED) is 0.601. The first-order chi connectivity index (χ1) is 4.48. The van der Waals surface area contributed by atoms with Gasteiger partial charge in [0.25, 0.3) is 0 Å². The molecule has 0 bridgehead atoms. The SMILES string of the molecule is CCCS(=O)(=O)CC(=O)Cl. The van der Waals surface area contributed by atoms with E-state index in [0.29, 0.717) is 6.42 Å². The predicted molar refractivity (Wildman–Crippen MR) is 39.8 cm³/mol. The third kappa shape index (κ3) is 4.76. The van der Waals surface area contributed by atoms with Gasteiger partial charge in [0.05, 0.1) is 5.75 Å². The van der Waals surface area contributed by atoms with Crippen LogP contribution in [0.3, 0.4) is 0 Å². The molecule has 0 unspecified atom stereocenters. The van der Waals surface area contributed by atoms with E-state index in [1.807, 2.05) is 0 Å². The zero-order valence-corrected chi connectivity index (χ0v) is 7.20. The lowest BCUT2D eigenvalue weighted by atomic mass is 10.6. The van der Waals surface area contributed by atoms with Crippen LogP contribution in [0.2, 0.25) is 0 Å². The lowest BCUT2D eigenvalue weighted by molar-refractivity contribution is -0.109. The highest BCUT2D eigenvalue weighted by atomic mass is 35.5. The van der Waals surface area contributed by atoms with Crippen LogP contribution >= 0.6 is 11.6 Å². The van der Waals surface area contributed by atoms with Crippen LogP contribution in [-0.2, 0) is 14.6 Å². The van der Waals surface area contributed by atoms with Gasteiger partial charge < -0.3 is 0 Å². The number of rotatable bonds is 4. The van der Waals surface area contributed by atoms with Crippen molar-refractivity contribution < 1.29 is 13.2 Å². The smallest absolute Gasteiger partial charge is 0.236 e. The summed E-state index contributed by atoms with van der Waals surface area (Å²) in [6, 6.07) is 0. The summed E-state index contributed by atoms with van der Waals surface area (Å²) in [4.78, 5) is 10.1. The topological polar surface area (TPSA) is 51.2 Å². The van der Waals surface area contributed by atoms with Gasteiger partial charge in [0.2, 0.25) is 5.24 Å². The van der Waals surface area contributed by atoms with Gasteiger partial charge in [-0.3, -0.25) is 4.79 Å². The van der Waals surface area contributed by atoms with Crippen LogP contribution in [0.25, 0.3) is 0 Å². The van der Waals surface area contributed by atoms with E-state index in [1.54, 1.807) is 6.92 Å². The number of hydrogen-bond acceptors (Lipinski definition) is 3. The van der Waals surface area contributed by atoms with Crippen molar-refractivity contribution in [2.45, 2.75) is 13.3 Å². The molecule has 0 aliphatic rings. The van der Waals surface area contributed by atoms with Crippen molar-refractivity contribution in [2.75, 3.05) is 11.5 Å². The Morgan fingerprint density at radius 1 is 1.50 bits per heavy atom. The monoisotopic (exact) mass is 184 g/mol. The average molecular weight is 185 g/mol. The first-order valence-electron chi connectivity index (χ1n) is 2.86. The molecule has 0 spiro atoms. The van der Waals surface area contributed by atoms with E-state index in [9.17, 15) is 13.2 Å². The van der Waals surface area contributed by atoms with Crippen LogP contribution in [0.4, 0.5) is 0 Å². The Balaban J connectivity index is 4.02. The number of halogens is 1. The van der Waals surface area contributed by atoms with Gasteiger partial charge in [-0.1, -0.05) is 6.92 Å². The highest BCUT2D eigenvalue weighted by molar-refractivity contribution is 7.92. The minimum Gasteiger partial charge on any atom is -0.280 e. The number of carbonyl (C=O) groups is 1. The van der Waals surface area contributed by atoms with Crippen LogP contribution < -0.4 is 0 Å². The molecule has 0 rings (SSSR count). The molecule has 0 aromatic rings. The summed E-state index contributed by atoms with van der Waals surface area (Å²) < 4.78 is 21.5. The van der Waals surface area contributed by atoms with Crippen molar-refractivity contribution in [3.63, 3.8) is 0 Å². The standard InChI is InChI=1S/C5H9ClO3S/c1-2-3-10(8,9)4-5(6)7/h2-4H2,1H3. The van der Waals surface area contributed by atoms with Gasteiger partial charge in [0.1, 0.15) is 5.75 Å². The molecule has 0 heterocycles. The molecule has 0 aliphatic carbocycles. The fourth-order valence-corrected chi connectivity index (χ4v) is 2.17. The molecular formula is C5H9ClO3S. The van der Waals surface area contributed by atoms with Crippen LogP contribution in [0, 0.1) is 0 Å². The Kier molecular flexibility index (Phi) is 3.89. The van der Waals surface area contributed by atoms with Crippen LogP contribution in [0.15, 0.2) is 0 Å². The minimum absolute atomic E-state index is 0.0332. The maximum absolute atomic E-state index is 10.7. The maximum atomic E-state index is 10.7. The van der Waals surface area contributed by atoms with E-state index in [2.05, 4.69) is 0 Å². The van der Waals surface area contributed by atoms with Crippen molar-refractivity contribution in [3.8, 4) is 0 Å². The van der Waals surface area contributed by atoms with Gasteiger partial charge >= 0.3 is 0 Å². The molecule has 0 amide bonds. The third-order valence-corrected chi connectivity index (χ3v) is 2.87. The summed E-state index contributed by atoms with van der Waals surface area (Å²) >= 11 is 4.88. The summed E-state index contributed by atoms with van der Waals surface area (Å²) in [6.07, 6.45) is 0.520. The van der Waals surface area contributed by atoms with Crippen molar-refractivity contribution in [2.24, 2.45) is 0 Å². The van der Waals surface area contributed by atoms with E-state index < -0.39 is 20.8 Å². The van der Waals surface area contributed by atoms with Crippen LogP contribution in [0.1, 0.15) is 13.3 Å². The normalized spacial score (nSPS) is 11.4. The third-order valence-electron chi connectivity index (χ3n) is 0.849. The lowest BCUT2D eigenvalue weighted by Gasteiger charge is -1.95. The molecular weight excluding hydrogens is 176 g/mol. The molecule has 0 aliphatic heterocycles. The second-order valence-electron chi connectivity index (χ2n) is 1.95. The molecule has 0 N–H and O–H groups in total. The summed E-state index contributed by atoms with van der Waals surface area (Å²) in [6.45, 7) is 1.73. The van der Waals surface area contributed by atoms with Gasteiger partial charge in [-0.15, -0.1) is 0 Å². The summed E-state index contributed by atoms with van der Waals surface area (Å²) in [7, 11) is -3.21. The molecule has 5 heteroatoms. The van der Waals surface area contributed by atoms with Crippen molar-refractivity contribution in [1.29, 1.82) is 0 Å². The predicted octanol–water partition coefficient (Wildman–Crippen LogP) is 0.577. The number of hydrogen-bond donors (Lipinski definition) is 0. The Morgan fingerprint density at radius 3 is 2.30 bits per heavy atom. The molecule has 0 radical (unpaired) electrons.